The van der Waals surface area contributed by atoms with Crippen molar-refractivity contribution in [1.82, 2.24) is 0 Å². The lowest BCUT2D eigenvalue weighted by Gasteiger charge is -1.89. The fourth-order valence-corrected chi connectivity index (χ4v) is 0.447. The molecule has 0 aromatic carbocycles. The predicted molar refractivity (Wildman–Crippen MR) is 25.0 cm³/mol. The van der Waals surface area contributed by atoms with Crippen LogP contribution in [-0.2, 0) is 9.53 Å². The van der Waals surface area contributed by atoms with Gasteiger partial charge in [-0.25, -0.2) is 0 Å². The molecule has 7 heavy (non-hydrogen) atoms. The fraction of sp³-hybridized carbons (Fsp3) is 0.800. The summed E-state index contributed by atoms with van der Waals surface area (Å²) in [5.41, 5.74) is 0. The first-order valence-corrected chi connectivity index (χ1v) is 2.41. The molecular formula is C5H8O2. The van der Waals surface area contributed by atoms with Crippen LogP contribution >= 0.6 is 0 Å². The highest BCUT2D eigenvalue weighted by Crippen LogP contribution is 2.16. The molecule has 40 valence electrons. The third kappa shape index (κ3) is 0.996. The average Bonchev–Trinajstić information content (AvgIpc) is 2.44. The topological polar surface area (TPSA) is 29.6 Å². The minimum Gasteiger partial charge on any atom is -0.372 e. The number of epoxide rings is 1. The van der Waals surface area contributed by atoms with Crippen LogP contribution in [0.15, 0.2) is 0 Å². The molecule has 2 nitrogen and oxygen atoms in total. The number of hydrogen-bond donors (Lipinski definition) is 0. The molecule has 1 rings (SSSR count). The molecule has 0 aromatic rings. The number of carbonyl (C=O) groups excluding carboxylic acids is 1. The lowest BCUT2D eigenvalue weighted by Crippen LogP contribution is -2.02. The van der Waals surface area contributed by atoms with Crippen LogP contribution in [0.5, 0.6) is 0 Å². The summed E-state index contributed by atoms with van der Waals surface area (Å²) in [5, 5.41) is 0. The van der Waals surface area contributed by atoms with E-state index in [1.54, 1.807) is 0 Å². The van der Waals surface area contributed by atoms with E-state index in [1.165, 1.54) is 0 Å². The number of carbonyl (C=O) groups is 1. The molecule has 0 N–H and O–H groups in total. The molecule has 1 heterocycles. The van der Waals surface area contributed by atoms with Crippen LogP contribution in [0.25, 0.3) is 0 Å². The third-order valence-electron chi connectivity index (χ3n) is 1.16. The second kappa shape index (κ2) is 1.62. The van der Waals surface area contributed by atoms with Gasteiger partial charge in [0.2, 0.25) is 0 Å². The molecule has 0 amide bonds. The molecule has 1 fully saturated rings. The van der Waals surface area contributed by atoms with Gasteiger partial charge < -0.3 is 9.53 Å². The van der Waals surface area contributed by atoms with Gasteiger partial charge in [0.25, 0.3) is 0 Å². The van der Waals surface area contributed by atoms with Gasteiger partial charge in [-0.3, -0.25) is 0 Å². The maximum Gasteiger partial charge on any atom is 0.125 e. The van der Waals surface area contributed by atoms with Crippen molar-refractivity contribution in [2.24, 2.45) is 5.92 Å². The largest absolute Gasteiger partial charge is 0.372 e. The Balaban J connectivity index is 2.22. The van der Waals surface area contributed by atoms with Gasteiger partial charge in [-0.1, -0.05) is 6.92 Å². The van der Waals surface area contributed by atoms with Crippen LogP contribution in [-0.4, -0.2) is 19.0 Å². The summed E-state index contributed by atoms with van der Waals surface area (Å²) in [4.78, 5) is 9.91. The van der Waals surface area contributed by atoms with Crippen LogP contribution in [0.1, 0.15) is 6.92 Å². The van der Waals surface area contributed by atoms with Crippen molar-refractivity contribution >= 4 is 6.29 Å². The Morgan fingerprint density at radius 3 is 2.71 bits per heavy atom. The first kappa shape index (κ1) is 4.78. The number of hydrogen-bond acceptors (Lipinski definition) is 2. The molecule has 0 unspecified atom stereocenters. The van der Waals surface area contributed by atoms with Gasteiger partial charge >= 0.3 is 0 Å². The van der Waals surface area contributed by atoms with Crippen molar-refractivity contribution in [3.05, 3.63) is 0 Å². The molecule has 1 aliphatic rings. The van der Waals surface area contributed by atoms with Gasteiger partial charge in [-0.15, -0.1) is 0 Å². The summed E-state index contributed by atoms with van der Waals surface area (Å²) in [5.74, 6) is 0.111. The van der Waals surface area contributed by atoms with Gasteiger partial charge in [0.1, 0.15) is 6.29 Å². The molecule has 0 aliphatic carbocycles. The zero-order valence-electron chi connectivity index (χ0n) is 4.26. The summed E-state index contributed by atoms with van der Waals surface area (Å²) >= 11 is 0. The van der Waals surface area contributed by atoms with Crippen LogP contribution < -0.4 is 0 Å². The Morgan fingerprint density at radius 1 is 2.00 bits per heavy atom. The Hall–Kier alpha value is -0.370. The quantitative estimate of drug-likeness (QED) is 0.367. The Bertz CT molecular complexity index is 76.1. The van der Waals surface area contributed by atoms with E-state index in [-0.39, 0.29) is 12.0 Å². The summed E-state index contributed by atoms with van der Waals surface area (Å²) in [6.45, 7) is 2.64. The number of rotatable bonds is 2. The standard InChI is InChI=1S/C5H8O2/c1-4(2-6)5-3-7-5/h2,4-5H,3H2,1H3/t4-,5-/m1/s1. The van der Waals surface area contributed by atoms with Crippen LogP contribution in [0.2, 0.25) is 0 Å². The Labute approximate surface area is 42.5 Å². The third-order valence-corrected chi connectivity index (χ3v) is 1.16. The van der Waals surface area contributed by atoms with Crippen molar-refractivity contribution in [2.45, 2.75) is 13.0 Å². The van der Waals surface area contributed by atoms with Gasteiger partial charge in [0.05, 0.1) is 12.7 Å². The highest BCUT2D eigenvalue weighted by atomic mass is 16.6. The monoisotopic (exact) mass is 100 g/mol. The molecule has 1 aliphatic heterocycles. The van der Waals surface area contributed by atoms with Crippen LogP contribution in [0.4, 0.5) is 0 Å². The van der Waals surface area contributed by atoms with Crippen molar-refractivity contribution in [1.29, 1.82) is 0 Å². The lowest BCUT2D eigenvalue weighted by molar-refractivity contribution is -0.111. The number of ether oxygens (including phenoxy) is 1. The summed E-state index contributed by atoms with van der Waals surface area (Å²) in [6, 6.07) is 0. The van der Waals surface area contributed by atoms with E-state index < -0.39 is 0 Å². The van der Waals surface area contributed by atoms with E-state index in [4.69, 9.17) is 4.74 Å². The molecular weight excluding hydrogens is 92.1 g/mol. The van der Waals surface area contributed by atoms with E-state index in [0.29, 0.717) is 0 Å². The zero-order chi connectivity index (χ0) is 5.28. The van der Waals surface area contributed by atoms with E-state index in [0.717, 1.165) is 12.9 Å². The first-order chi connectivity index (χ1) is 3.34. The maximum absolute atomic E-state index is 9.91. The summed E-state index contributed by atoms with van der Waals surface area (Å²) in [7, 11) is 0. The van der Waals surface area contributed by atoms with Gasteiger partial charge in [0.15, 0.2) is 0 Å². The van der Waals surface area contributed by atoms with Crippen LogP contribution in [0, 0.1) is 5.92 Å². The maximum atomic E-state index is 9.91. The molecule has 0 bridgehead atoms. The Morgan fingerprint density at radius 2 is 2.57 bits per heavy atom. The molecule has 1 saturated heterocycles. The van der Waals surface area contributed by atoms with Crippen molar-refractivity contribution in [3.8, 4) is 0 Å². The average molecular weight is 100 g/mol. The molecule has 2 atom stereocenters. The normalized spacial score (nSPS) is 31.9. The molecule has 0 spiro atoms. The minimum atomic E-state index is 0.111. The van der Waals surface area contributed by atoms with E-state index in [2.05, 4.69) is 0 Å². The fourth-order valence-electron chi connectivity index (χ4n) is 0.447. The molecule has 0 saturated carbocycles. The van der Waals surface area contributed by atoms with Gasteiger partial charge in [-0.2, -0.15) is 0 Å². The van der Waals surface area contributed by atoms with Gasteiger partial charge in [0, 0.05) is 5.92 Å². The van der Waals surface area contributed by atoms with Crippen molar-refractivity contribution in [3.63, 3.8) is 0 Å². The lowest BCUT2D eigenvalue weighted by atomic mass is 10.1. The van der Waals surface area contributed by atoms with Crippen LogP contribution in [0.3, 0.4) is 0 Å². The van der Waals surface area contributed by atoms with E-state index >= 15 is 0 Å². The highest BCUT2D eigenvalue weighted by Gasteiger charge is 2.28. The first-order valence-electron chi connectivity index (χ1n) is 2.41. The van der Waals surface area contributed by atoms with E-state index in [9.17, 15) is 4.79 Å². The summed E-state index contributed by atoms with van der Waals surface area (Å²) in [6.07, 6.45) is 1.18. The van der Waals surface area contributed by atoms with Crippen molar-refractivity contribution in [2.75, 3.05) is 6.61 Å². The Kier molecular flexibility index (Phi) is 1.11. The van der Waals surface area contributed by atoms with Crippen molar-refractivity contribution < 1.29 is 9.53 Å². The zero-order valence-corrected chi connectivity index (χ0v) is 4.26. The van der Waals surface area contributed by atoms with Gasteiger partial charge in [-0.05, 0) is 0 Å². The molecule has 0 aromatic heterocycles. The highest BCUT2D eigenvalue weighted by molar-refractivity contribution is 5.54. The smallest absolute Gasteiger partial charge is 0.125 e. The van der Waals surface area contributed by atoms with E-state index in [1.807, 2.05) is 6.92 Å². The molecule has 2 heteroatoms. The predicted octanol–water partition coefficient (Wildman–Crippen LogP) is 0.220. The minimum absolute atomic E-state index is 0.111. The second-order valence-corrected chi connectivity index (χ2v) is 1.87. The molecule has 0 radical (unpaired) electrons. The summed E-state index contributed by atoms with van der Waals surface area (Å²) < 4.78 is 4.83. The number of aldehydes is 1. The SMILES string of the molecule is C[C@H](C=O)[C@H]1CO1. The second-order valence-electron chi connectivity index (χ2n) is 1.87.